The average Bonchev–Trinajstić information content (AvgIpc) is 3.53. The first-order chi connectivity index (χ1) is 17.9. The molecule has 0 fully saturated rings. The Labute approximate surface area is 211 Å². The van der Waals surface area contributed by atoms with Gasteiger partial charge in [-0.15, -0.1) is 0 Å². The average molecular weight is 500 g/mol. The van der Waals surface area contributed by atoms with E-state index >= 15 is 0 Å². The molecule has 0 saturated heterocycles. The number of carbonyl (C=O) groups is 2. The van der Waals surface area contributed by atoms with Crippen LogP contribution in [-0.4, -0.2) is 16.4 Å². The Morgan fingerprint density at radius 3 is 2.22 bits per heavy atom. The van der Waals surface area contributed by atoms with Gasteiger partial charge in [0.15, 0.2) is 0 Å². The van der Waals surface area contributed by atoms with Crippen LogP contribution in [-0.2, 0) is 24.3 Å². The lowest BCUT2D eigenvalue weighted by atomic mass is 10.1. The topological polar surface area (TPSA) is 76.3 Å². The smallest absolute Gasteiger partial charge is 0.268 e. The molecule has 5 rings (SSSR count). The highest BCUT2D eigenvalue weighted by Crippen LogP contribution is 2.25. The molecule has 0 aliphatic carbocycles. The predicted molar refractivity (Wildman–Crippen MR) is 136 cm³/mol. The molecule has 5 aromatic rings. The first-order valence-electron chi connectivity index (χ1n) is 11.7. The molecule has 2 aromatic heterocycles. The van der Waals surface area contributed by atoms with Crippen LogP contribution in [0.1, 0.15) is 27.4 Å². The van der Waals surface area contributed by atoms with Crippen LogP contribution in [0.5, 0.6) is 0 Å². The van der Waals surface area contributed by atoms with Crippen molar-refractivity contribution in [2.45, 2.75) is 19.5 Å². The lowest BCUT2D eigenvalue weighted by molar-refractivity contribution is -0.115. The lowest BCUT2D eigenvalue weighted by Crippen LogP contribution is -2.25. The highest BCUT2D eigenvalue weighted by atomic mass is 19.1. The van der Waals surface area contributed by atoms with E-state index < -0.39 is 0 Å². The van der Waals surface area contributed by atoms with Crippen molar-refractivity contribution >= 4 is 28.4 Å². The maximum absolute atomic E-state index is 13.4. The minimum atomic E-state index is -0.358. The minimum Gasteiger partial charge on any atom is -0.467 e. The molecule has 2 N–H and O–H groups in total. The number of amides is 2. The predicted octanol–water partition coefficient (Wildman–Crippen LogP) is 5.67. The van der Waals surface area contributed by atoms with Crippen molar-refractivity contribution in [3.05, 3.63) is 125 Å². The Kier molecular flexibility index (Phi) is 6.81. The molecule has 0 saturated carbocycles. The van der Waals surface area contributed by atoms with E-state index in [1.54, 1.807) is 60.9 Å². The molecule has 2 amide bonds. The zero-order valence-corrected chi connectivity index (χ0v) is 19.7. The largest absolute Gasteiger partial charge is 0.467 e. The maximum atomic E-state index is 13.4. The van der Waals surface area contributed by atoms with E-state index in [1.807, 2.05) is 10.6 Å². The molecule has 0 spiro atoms. The molecule has 3 aromatic carbocycles. The highest BCUT2D eigenvalue weighted by Gasteiger charge is 2.17. The van der Waals surface area contributed by atoms with Gasteiger partial charge in [-0.25, -0.2) is 8.78 Å². The Morgan fingerprint density at radius 2 is 1.54 bits per heavy atom. The first-order valence-corrected chi connectivity index (χ1v) is 11.7. The highest BCUT2D eigenvalue weighted by molar-refractivity contribution is 6.00. The van der Waals surface area contributed by atoms with E-state index in [0.717, 1.165) is 16.5 Å². The van der Waals surface area contributed by atoms with Gasteiger partial charge < -0.3 is 19.6 Å². The van der Waals surface area contributed by atoms with Crippen molar-refractivity contribution in [3.8, 4) is 0 Å². The van der Waals surface area contributed by atoms with Gasteiger partial charge in [0.2, 0.25) is 5.91 Å². The van der Waals surface area contributed by atoms with Crippen LogP contribution in [0.3, 0.4) is 0 Å². The summed E-state index contributed by atoms with van der Waals surface area (Å²) in [5, 5.41) is 6.48. The second-order valence-electron chi connectivity index (χ2n) is 8.63. The number of rotatable bonds is 8. The standard InChI is InChI=1S/C29H23F2N3O3/c30-22-7-3-19(4-8-22)14-28(35)33-24-11-12-26-21(15-24)16-27(29(36)32-17-25-2-1-13-37-25)34(26)18-20-5-9-23(31)10-6-20/h1-13,15-16H,14,17-18H2,(H,32,36)(H,33,35). The number of halogens is 2. The van der Waals surface area contributed by atoms with E-state index in [1.165, 1.54) is 24.3 Å². The van der Waals surface area contributed by atoms with Crippen molar-refractivity contribution in [1.82, 2.24) is 9.88 Å². The third-order valence-corrected chi connectivity index (χ3v) is 5.95. The Hall–Kier alpha value is -4.72. The second kappa shape index (κ2) is 10.5. The fourth-order valence-corrected chi connectivity index (χ4v) is 4.14. The van der Waals surface area contributed by atoms with Gasteiger partial charge >= 0.3 is 0 Å². The van der Waals surface area contributed by atoms with E-state index in [2.05, 4.69) is 10.6 Å². The summed E-state index contributed by atoms with van der Waals surface area (Å²) < 4.78 is 33.7. The molecule has 0 aliphatic heterocycles. The van der Waals surface area contributed by atoms with Crippen LogP contribution >= 0.6 is 0 Å². The summed E-state index contributed by atoms with van der Waals surface area (Å²) in [4.78, 5) is 25.7. The summed E-state index contributed by atoms with van der Waals surface area (Å²) in [5.74, 6) is -0.604. The monoisotopic (exact) mass is 499 g/mol. The number of nitrogens with one attached hydrogen (secondary N) is 2. The first kappa shape index (κ1) is 24.0. The molecule has 0 unspecified atom stereocenters. The van der Waals surface area contributed by atoms with Gasteiger partial charge in [0.05, 0.1) is 19.2 Å². The number of furan rings is 1. The fraction of sp³-hybridized carbons (Fsp3) is 0.103. The van der Waals surface area contributed by atoms with Gasteiger partial charge in [0.1, 0.15) is 23.1 Å². The normalized spacial score (nSPS) is 11.0. The molecular formula is C29H23F2N3O3. The summed E-state index contributed by atoms with van der Waals surface area (Å²) >= 11 is 0. The van der Waals surface area contributed by atoms with Gasteiger partial charge in [-0.05, 0) is 71.8 Å². The number of fused-ring (bicyclic) bond motifs is 1. The van der Waals surface area contributed by atoms with Gasteiger partial charge in [0.25, 0.3) is 5.91 Å². The van der Waals surface area contributed by atoms with Crippen molar-refractivity contribution in [1.29, 1.82) is 0 Å². The zero-order chi connectivity index (χ0) is 25.8. The number of hydrogen-bond acceptors (Lipinski definition) is 3. The molecule has 37 heavy (non-hydrogen) atoms. The lowest BCUT2D eigenvalue weighted by Gasteiger charge is -2.12. The van der Waals surface area contributed by atoms with Crippen molar-refractivity contribution in [3.63, 3.8) is 0 Å². The number of benzene rings is 3. The van der Waals surface area contributed by atoms with Gasteiger partial charge in [0, 0.05) is 23.1 Å². The number of carbonyl (C=O) groups excluding carboxylic acids is 2. The third kappa shape index (κ3) is 5.75. The number of aromatic nitrogens is 1. The number of hydrogen-bond donors (Lipinski definition) is 2. The Bertz CT molecular complexity index is 1540. The van der Waals surface area contributed by atoms with Gasteiger partial charge in [-0.3, -0.25) is 9.59 Å². The summed E-state index contributed by atoms with van der Waals surface area (Å²) in [7, 11) is 0. The van der Waals surface area contributed by atoms with Crippen LogP contribution in [0.15, 0.2) is 95.6 Å². The van der Waals surface area contributed by atoms with Crippen LogP contribution in [0.25, 0.3) is 10.9 Å². The molecular weight excluding hydrogens is 476 g/mol. The second-order valence-corrected chi connectivity index (χ2v) is 8.63. The molecule has 0 aliphatic rings. The van der Waals surface area contributed by atoms with Gasteiger partial charge in [-0.2, -0.15) is 0 Å². The fourth-order valence-electron chi connectivity index (χ4n) is 4.14. The molecule has 6 nitrogen and oxygen atoms in total. The van der Waals surface area contributed by atoms with Crippen molar-refractivity contribution < 1.29 is 22.8 Å². The molecule has 0 bridgehead atoms. The molecule has 8 heteroatoms. The SMILES string of the molecule is O=C(Cc1ccc(F)cc1)Nc1ccc2c(c1)cc(C(=O)NCc1ccco1)n2Cc1ccc(F)cc1. The summed E-state index contributed by atoms with van der Waals surface area (Å²) in [6.07, 6.45) is 1.64. The minimum absolute atomic E-state index is 0.102. The van der Waals surface area contributed by atoms with Gasteiger partial charge in [-0.1, -0.05) is 24.3 Å². The Balaban J connectivity index is 1.41. The summed E-state index contributed by atoms with van der Waals surface area (Å²) in [5.41, 5.74) is 3.29. The molecule has 186 valence electrons. The quantitative estimate of drug-likeness (QED) is 0.289. The van der Waals surface area contributed by atoms with Crippen LogP contribution < -0.4 is 10.6 Å². The van der Waals surface area contributed by atoms with Crippen molar-refractivity contribution in [2.24, 2.45) is 0 Å². The van der Waals surface area contributed by atoms with Crippen LogP contribution in [0, 0.1) is 11.6 Å². The third-order valence-electron chi connectivity index (χ3n) is 5.95. The molecule has 0 atom stereocenters. The van der Waals surface area contributed by atoms with Crippen LogP contribution in [0.2, 0.25) is 0 Å². The van der Waals surface area contributed by atoms with Crippen LogP contribution in [0.4, 0.5) is 14.5 Å². The van der Waals surface area contributed by atoms with Crippen molar-refractivity contribution in [2.75, 3.05) is 5.32 Å². The molecule has 0 radical (unpaired) electrons. The summed E-state index contributed by atoms with van der Waals surface area (Å²) in [6, 6.07) is 22.6. The van der Waals surface area contributed by atoms with E-state index in [9.17, 15) is 18.4 Å². The number of anilines is 1. The zero-order valence-electron chi connectivity index (χ0n) is 19.7. The maximum Gasteiger partial charge on any atom is 0.268 e. The Morgan fingerprint density at radius 1 is 0.838 bits per heavy atom. The van der Waals surface area contributed by atoms with E-state index in [4.69, 9.17) is 4.42 Å². The van der Waals surface area contributed by atoms with E-state index in [-0.39, 0.29) is 36.4 Å². The van der Waals surface area contributed by atoms with E-state index in [0.29, 0.717) is 29.2 Å². The number of nitrogens with zero attached hydrogens (tertiary/aromatic N) is 1. The molecule has 2 heterocycles. The summed E-state index contributed by atoms with van der Waals surface area (Å²) in [6.45, 7) is 0.582.